The Balaban J connectivity index is 2.44. The maximum absolute atomic E-state index is 12.7. The van der Waals surface area contributed by atoms with Gasteiger partial charge in [-0.3, -0.25) is 4.79 Å². The van der Waals surface area contributed by atoms with Crippen LogP contribution in [0.3, 0.4) is 0 Å². The Hall–Kier alpha value is -2.43. The predicted molar refractivity (Wildman–Crippen MR) is 109 cm³/mol. The number of carbonyl (C=O) groups is 1. The second-order valence-electron chi connectivity index (χ2n) is 6.16. The van der Waals surface area contributed by atoms with Crippen LogP contribution in [-0.2, 0) is 6.42 Å². The number of allylic oxidation sites excluding steroid dienone is 3. The van der Waals surface area contributed by atoms with E-state index in [2.05, 4.69) is 0 Å². The van der Waals surface area contributed by atoms with E-state index < -0.39 is 5.78 Å². The molecule has 2 aromatic rings. The fourth-order valence-corrected chi connectivity index (χ4v) is 2.76. The lowest BCUT2D eigenvalue weighted by Gasteiger charge is -2.13. The second-order valence-corrected chi connectivity index (χ2v) is 6.97. The number of phenols is 2. The van der Waals surface area contributed by atoms with Crippen molar-refractivity contribution in [1.82, 2.24) is 0 Å². The van der Waals surface area contributed by atoms with Gasteiger partial charge in [0, 0.05) is 11.6 Å². The average molecular weight is 407 g/mol. The summed E-state index contributed by atoms with van der Waals surface area (Å²) in [5, 5.41) is 21.5. The monoisotopic (exact) mass is 406 g/mol. The summed E-state index contributed by atoms with van der Waals surface area (Å²) in [6, 6.07) is 6.30. The van der Waals surface area contributed by atoms with Crippen molar-refractivity contribution in [3.05, 3.63) is 68.7 Å². The van der Waals surface area contributed by atoms with Crippen LogP contribution in [0, 0.1) is 0 Å². The van der Waals surface area contributed by atoms with Crippen LogP contribution >= 0.6 is 23.2 Å². The van der Waals surface area contributed by atoms with Gasteiger partial charge in [0.1, 0.15) is 22.8 Å². The number of ketones is 1. The minimum atomic E-state index is -0.464. The van der Waals surface area contributed by atoms with Gasteiger partial charge in [0.05, 0.1) is 17.2 Å². The summed E-state index contributed by atoms with van der Waals surface area (Å²) in [5.41, 5.74) is 1.96. The van der Waals surface area contributed by atoms with E-state index >= 15 is 0 Å². The van der Waals surface area contributed by atoms with Gasteiger partial charge in [-0.2, -0.15) is 0 Å². The molecule has 4 nitrogen and oxygen atoms in total. The number of phenolic OH excluding ortho intramolecular Hbond substituents is 2. The molecule has 6 heteroatoms. The molecule has 0 unspecified atom stereocenters. The van der Waals surface area contributed by atoms with Crippen LogP contribution in [0.2, 0.25) is 10.0 Å². The molecule has 0 aliphatic heterocycles. The highest BCUT2D eigenvalue weighted by molar-refractivity contribution is 6.42. The molecular formula is C21H20Cl2O4. The third-order valence-corrected chi connectivity index (χ3v) is 4.64. The lowest BCUT2D eigenvalue weighted by molar-refractivity contribution is 0.104. The number of methoxy groups -OCH3 is 1. The molecule has 0 aliphatic rings. The lowest BCUT2D eigenvalue weighted by Crippen LogP contribution is -2.02. The van der Waals surface area contributed by atoms with Crippen molar-refractivity contribution in [2.24, 2.45) is 0 Å². The highest BCUT2D eigenvalue weighted by atomic mass is 35.5. The van der Waals surface area contributed by atoms with Crippen molar-refractivity contribution in [2.75, 3.05) is 7.11 Å². The number of ether oxygens (including phenoxy) is 1. The van der Waals surface area contributed by atoms with Crippen LogP contribution in [0.15, 0.2) is 42.0 Å². The van der Waals surface area contributed by atoms with Crippen LogP contribution < -0.4 is 4.74 Å². The Morgan fingerprint density at radius 2 is 1.85 bits per heavy atom. The van der Waals surface area contributed by atoms with E-state index in [0.717, 1.165) is 5.57 Å². The normalized spacial score (nSPS) is 10.9. The molecule has 0 bridgehead atoms. The van der Waals surface area contributed by atoms with E-state index in [1.807, 2.05) is 19.9 Å². The molecule has 27 heavy (non-hydrogen) atoms. The van der Waals surface area contributed by atoms with E-state index in [4.69, 9.17) is 27.9 Å². The largest absolute Gasteiger partial charge is 0.507 e. The minimum absolute atomic E-state index is 0.0104. The first-order valence-corrected chi connectivity index (χ1v) is 8.92. The standard InChI is InChI=1S/C21H20Cl2O4/c1-12(2)4-7-14-18(25)11-19(27-3)20(21(14)26)17(24)9-6-13-5-8-15(22)16(23)10-13/h4-6,8-11,25-26H,7H2,1-3H3/b9-6+. The summed E-state index contributed by atoms with van der Waals surface area (Å²) in [5.74, 6) is -0.802. The second kappa shape index (κ2) is 8.98. The first kappa shape index (κ1) is 20.9. The van der Waals surface area contributed by atoms with Gasteiger partial charge in [-0.15, -0.1) is 0 Å². The molecule has 0 amide bonds. The van der Waals surface area contributed by atoms with Gasteiger partial charge in [-0.05, 0) is 44.0 Å². The Kier molecular flexibility index (Phi) is 6.94. The van der Waals surface area contributed by atoms with Crippen LogP contribution in [0.1, 0.15) is 35.3 Å². The molecule has 0 heterocycles. The SMILES string of the molecule is COc1cc(O)c(CC=C(C)C)c(O)c1C(=O)/C=C/c1ccc(Cl)c(Cl)c1. The maximum atomic E-state index is 12.7. The Labute approximate surface area is 168 Å². The van der Waals surface area contributed by atoms with Gasteiger partial charge in [0.25, 0.3) is 0 Å². The van der Waals surface area contributed by atoms with Gasteiger partial charge in [-0.1, -0.05) is 47.0 Å². The van der Waals surface area contributed by atoms with Gasteiger partial charge in [0.15, 0.2) is 5.78 Å². The van der Waals surface area contributed by atoms with Gasteiger partial charge >= 0.3 is 0 Å². The molecule has 0 fully saturated rings. The first-order chi connectivity index (χ1) is 12.7. The van der Waals surface area contributed by atoms with Crippen molar-refractivity contribution in [1.29, 1.82) is 0 Å². The Bertz CT molecular complexity index is 926. The molecule has 0 atom stereocenters. The molecule has 0 aliphatic carbocycles. The molecule has 0 saturated heterocycles. The number of benzene rings is 2. The Morgan fingerprint density at radius 3 is 2.44 bits per heavy atom. The van der Waals surface area contributed by atoms with Gasteiger partial charge < -0.3 is 14.9 Å². The van der Waals surface area contributed by atoms with Crippen LogP contribution in [0.5, 0.6) is 17.2 Å². The van der Waals surface area contributed by atoms with Crippen LogP contribution in [0.25, 0.3) is 6.08 Å². The zero-order valence-corrected chi connectivity index (χ0v) is 16.7. The zero-order valence-electron chi connectivity index (χ0n) is 15.2. The molecule has 2 rings (SSSR count). The van der Waals surface area contributed by atoms with Crippen molar-refractivity contribution in [3.63, 3.8) is 0 Å². The molecule has 0 spiro atoms. The summed E-state index contributed by atoms with van der Waals surface area (Å²) in [6.07, 6.45) is 5.01. The summed E-state index contributed by atoms with van der Waals surface area (Å²) < 4.78 is 5.17. The highest BCUT2D eigenvalue weighted by Crippen LogP contribution is 2.39. The minimum Gasteiger partial charge on any atom is -0.507 e. The third-order valence-electron chi connectivity index (χ3n) is 3.90. The molecule has 2 N–H and O–H groups in total. The first-order valence-electron chi connectivity index (χ1n) is 8.17. The summed E-state index contributed by atoms with van der Waals surface area (Å²) in [6.45, 7) is 3.81. The quantitative estimate of drug-likeness (QED) is 0.360. The topological polar surface area (TPSA) is 66.8 Å². The molecule has 0 aromatic heterocycles. The average Bonchev–Trinajstić information content (AvgIpc) is 2.61. The number of halogens is 2. The molecule has 0 radical (unpaired) electrons. The molecule has 142 valence electrons. The van der Waals surface area contributed by atoms with E-state index in [9.17, 15) is 15.0 Å². The fourth-order valence-electron chi connectivity index (χ4n) is 2.45. The fraction of sp³-hybridized carbons (Fsp3) is 0.190. The maximum Gasteiger partial charge on any atom is 0.193 e. The van der Waals surface area contributed by atoms with E-state index in [0.29, 0.717) is 22.0 Å². The zero-order chi connectivity index (χ0) is 20.1. The number of hydrogen-bond donors (Lipinski definition) is 2. The van der Waals surface area contributed by atoms with E-state index in [1.54, 1.807) is 24.3 Å². The summed E-state index contributed by atoms with van der Waals surface area (Å²) >= 11 is 11.9. The van der Waals surface area contributed by atoms with Crippen LogP contribution in [0.4, 0.5) is 0 Å². The summed E-state index contributed by atoms with van der Waals surface area (Å²) in [4.78, 5) is 12.7. The van der Waals surface area contributed by atoms with Gasteiger partial charge in [-0.25, -0.2) is 0 Å². The third kappa shape index (κ3) is 5.06. The van der Waals surface area contributed by atoms with Crippen molar-refractivity contribution in [2.45, 2.75) is 20.3 Å². The molecular weight excluding hydrogens is 387 g/mol. The van der Waals surface area contributed by atoms with Gasteiger partial charge in [0.2, 0.25) is 0 Å². The van der Waals surface area contributed by atoms with E-state index in [-0.39, 0.29) is 28.4 Å². The number of hydrogen-bond acceptors (Lipinski definition) is 4. The number of carbonyl (C=O) groups excluding carboxylic acids is 1. The Morgan fingerprint density at radius 1 is 1.15 bits per heavy atom. The summed E-state index contributed by atoms with van der Waals surface area (Å²) in [7, 11) is 1.36. The smallest absolute Gasteiger partial charge is 0.193 e. The lowest BCUT2D eigenvalue weighted by atomic mass is 9.99. The van der Waals surface area contributed by atoms with E-state index in [1.165, 1.54) is 19.3 Å². The van der Waals surface area contributed by atoms with Crippen LogP contribution in [-0.4, -0.2) is 23.1 Å². The van der Waals surface area contributed by atoms with Crippen molar-refractivity contribution < 1.29 is 19.7 Å². The molecule has 2 aromatic carbocycles. The van der Waals surface area contributed by atoms with Crippen molar-refractivity contribution in [3.8, 4) is 17.2 Å². The number of rotatable bonds is 6. The highest BCUT2D eigenvalue weighted by Gasteiger charge is 2.21. The van der Waals surface area contributed by atoms with Crippen molar-refractivity contribution >= 4 is 35.1 Å². The number of aromatic hydroxyl groups is 2. The molecule has 0 saturated carbocycles. The predicted octanol–water partition coefficient (Wildman–Crippen LogP) is 5.82.